The zero-order valence-corrected chi connectivity index (χ0v) is 29.9. The van der Waals surface area contributed by atoms with Gasteiger partial charge in [0, 0.05) is 40.8 Å². The highest BCUT2D eigenvalue weighted by Crippen LogP contribution is 2.43. The van der Waals surface area contributed by atoms with Crippen molar-refractivity contribution in [3.63, 3.8) is 0 Å². The lowest BCUT2D eigenvalue weighted by atomic mass is 9.79. The van der Waals surface area contributed by atoms with E-state index in [1.807, 2.05) is 25.2 Å². The quantitative estimate of drug-likeness (QED) is 0.194. The highest BCUT2D eigenvalue weighted by molar-refractivity contribution is 5.94. The van der Waals surface area contributed by atoms with E-state index in [0.717, 1.165) is 73.1 Å². The Labute approximate surface area is 295 Å². The Balaban J connectivity index is 1.33. The monoisotopic (exact) mass is 656 g/mol. The highest BCUT2D eigenvalue weighted by Gasteiger charge is 2.27. The predicted octanol–water partition coefficient (Wildman–Crippen LogP) is 11.7. The maximum absolute atomic E-state index is 11.7. The van der Waals surface area contributed by atoms with Crippen molar-refractivity contribution in [2.24, 2.45) is 7.05 Å². The van der Waals surface area contributed by atoms with Gasteiger partial charge in [0.2, 0.25) is 0 Å². The molecule has 2 aromatic heterocycles. The molecule has 7 aromatic rings. The van der Waals surface area contributed by atoms with E-state index in [-0.39, 0.29) is 16.6 Å². The summed E-state index contributed by atoms with van der Waals surface area (Å²) in [6.07, 6.45) is 0. The first-order chi connectivity index (χ1) is 23.9. The molecule has 5 heteroatoms. The van der Waals surface area contributed by atoms with Gasteiger partial charge in [0.05, 0.1) is 28.0 Å². The summed E-state index contributed by atoms with van der Waals surface area (Å²) >= 11 is 0. The van der Waals surface area contributed by atoms with Crippen LogP contribution in [-0.2, 0) is 17.9 Å². The fourth-order valence-electron chi connectivity index (χ4n) is 6.62. The van der Waals surface area contributed by atoms with Crippen molar-refractivity contribution in [1.82, 2.24) is 14.5 Å². The van der Waals surface area contributed by atoms with Crippen LogP contribution in [0.15, 0.2) is 133 Å². The van der Waals surface area contributed by atoms with Crippen LogP contribution in [0, 0.1) is 0 Å². The number of fused-ring (bicyclic) bond motifs is 1. The van der Waals surface area contributed by atoms with Gasteiger partial charge in [-0.05, 0) is 77.1 Å². The number of aromatic hydroxyl groups is 1. The summed E-state index contributed by atoms with van der Waals surface area (Å²) in [4.78, 5) is 12.7. The normalized spacial score (nSPS) is 12.0. The summed E-state index contributed by atoms with van der Waals surface area (Å²) in [6.45, 7) is 13.0. The van der Waals surface area contributed by atoms with E-state index >= 15 is 0 Å². The smallest absolute Gasteiger partial charge is 0.144 e. The van der Waals surface area contributed by atoms with Crippen LogP contribution in [0.25, 0.3) is 44.9 Å². The zero-order valence-electron chi connectivity index (χ0n) is 29.9. The van der Waals surface area contributed by atoms with Crippen LogP contribution in [0.4, 0.5) is 17.1 Å². The molecule has 0 atom stereocenters. The van der Waals surface area contributed by atoms with Crippen LogP contribution in [0.5, 0.6) is 5.75 Å². The number of nitrogens with zero attached hydrogens (tertiary/aromatic N) is 4. The molecular formula is C45H44N4O. The fourth-order valence-corrected chi connectivity index (χ4v) is 6.62. The van der Waals surface area contributed by atoms with Crippen LogP contribution in [0.1, 0.15) is 52.7 Å². The minimum Gasteiger partial charge on any atom is -0.507 e. The minimum atomic E-state index is -0.239. The summed E-state index contributed by atoms with van der Waals surface area (Å²) in [5, 5.41) is 11.7. The third-order valence-electron chi connectivity index (χ3n) is 9.39. The van der Waals surface area contributed by atoms with Gasteiger partial charge in [-0.3, -0.25) is 0 Å². The number of anilines is 3. The van der Waals surface area contributed by atoms with Crippen LogP contribution in [0.3, 0.4) is 0 Å². The molecule has 0 amide bonds. The Morgan fingerprint density at radius 3 is 1.80 bits per heavy atom. The van der Waals surface area contributed by atoms with Gasteiger partial charge in [0.15, 0.2) is 0 Å². The van der Waals surface area contributed by atoms with E-state index in [9.17, 15) is 5.11 Å². The van der Waals surface area contributed by atoms with Crippen molar-refractivity contribution in [3.05, 3.63) is 145 Å². The molecule has 1 N–H and O–H groups in total. The Bertz CT molecular complexity index is 2270. The number of rotatable bonds is 6. The van der Waals surface area contributed by atoms with Crippen LogP contribution in [0.2, 0.25) is 0 Å². The van der Waals surface area contributed by atoms with Gasteiger partial charge in [-0.1, -0.05) is 114 Å². The first-order valence-corrected chi connectivity index (χ1v) is 17.2. The number of aryl methyl sites for hydroxylation is 1. The number of hydrogen-bond acceptors (Lipinski definition) is 4. The molecule has 250 valence electrons. The summed E-state index contributed by atoms with van der Waals surface area (Å²) in [5.74, 6) is 1.01. The first kappa shape index (κ1) is 32.8. The van der Waals surface area contributed by atoms with Gasteiger partial charge in [-0.2, -0.15) is 0 Å². The van der Waals surface area contributed by atoms with E-state index in [2.05, 4.69) is 166 Å². The second-order valence-corrected chi connectivity index (χ2v) is 15.1. The lowest BCUT2D eigenvalue weighted by Crippen LogP contribution is -2.17. The standard InChI is InChI=1S/C45H44N4O/c1-44(2,3)31-28-36(42(50)37(29-31)45(4,5)6)43-47-41-35(23-15-26-40(41)48(43)7)39-25-16-24-38(46-39)30-17-14-22-34(27-30)49(32-18-10-8-11-19-32)33-20-12-9-13-21-33/h8-29,50H,1-7H3. The molecule has 0 unspecified atom stereocenters. The maximum Gasteiger partial charge on any atom is 0.144 e. The Kier molecular flexibility index (Phi) is 8.31. The molecule has 0 fully saturated rings. The second kappa shape index (κ2) is 12.6. The molecule has 0 bridgehead atoms. The number of imidazole rings is 1. The molecule has 0 saturated heterocycles. The first-order valence-electron chi connectivity index (χ1n) is 17.2. The Morgan fingerprint density at radius 2 is 1.16 bits per heavy atom. The number of phenols is 1. The predicted molar refractivity (Wildman–Crippen MR) is 209 cm³/mol. The molecule has 50 heavy (non-hydrogen) atoms. The molecule has 0 saturated carbocycles. The second-order valence-electron chi connectivity index (χ2n) is 15.1. The molecule has 0 aliphatic heterocycles. The van der Waals surface area contributed by atoms with E-state index < -0.39 is 0 Å². The van der Waals surface area contributed by atoms with Crippen LogP contribution >= 0.6 is 0 Å². The summed E-state index contributed by atoms with van der Waals surface area (Å²) in [7, 11) is 2.02. The van der Waals surface area contributed by atoms with E-state index in [1.165, 1.54) is 0 Å². The van der Waals surface area contributed by atoms with Crippen molar-refractivity contribution in [2.45, 2.75) is 52.4 Å². The molecule has 5 nitrogen and oxygen atoms in total. The summed E-state index contributed by atoms with van der Waals surface area (Å²) in [5.41, 5.74) is 11.2. The van der Waals surface area contributed by atoms with Gasteiger partial charge in [-0.15, -0.1) is 0 Å². The maximum atomic E-state index is 11.7. The van der Waals surface area contributed by atoms with E-state index in [0.29, 0.717) is 0 Å². The number of para-hydroxylation sites is 3. The van der Waals surface area contributed by atoms with Crippen molar-refractivity contribution < 1.29 is 5.11 Å². The van der Waals surface area contributed by atoms with E-state index in [4.69, 9.17) is 9.97 Å². The molecule has 0 spiro atoms. The van der Waals surface area contributed by atoms with Gasteiger partial charge < -0.3 is 14.6 Å². The summed E-state index contributed by atoms with van der Waals surface area (Å²) in [6, 6.07) is 46.0. The number of phenolic OH excluding ortho intramolecular Hbond substituents is 1. The van der Waals surface area contributed by atoms with E-state index in [1.54, 1.807) is 0 Å². The van der Waals surface area contributed by atoms with Crippen molar-refractivity contribution in [2.75, 3.05) is 4.90 Å². The Morgan fingerprint density at radius 1 is 0.560 bits per heavy atom. The van der Waals surface area contributed by atoms with Crippen molar-refractivity contribution >= 4 is 28.1 Å². The lowest BCUT2D eigenvalue weighted by molar-refractivity contribution is 0.446. The number of pyridine rings is 1. The largest absolute Gasteiger partial charge is 0.507 e. The molecule has 2 heterocycles. The third kappa shape index (κ3) is 6.16. The number of benzene rings is 5. The van der Waals surface area contributed by atoms with Gasteiger partial charge in [0.1, 0.15) is 11.6 Å². The average Bonchev–Trinajstić information content (AvgIpc) is 3.44. The number of aromatic nitrogens is 3. The molecule has 0 aliphatic carbocycles. The minimum absolute atomic E-state index is 0.0981. The van der Waals surface area contributed by atoms with Crippen LogP contribution in [-0.4, -0.2) is 19.6 Å². The van der Waals surface area contributed by atoms with Gasteiger partial charge in [-0.25, -0.2) is 9.97 Å². The molecule has 0 radical (unpaired) electrons. The zero-order chi connectivity index (χ0) is 35.2. The highest BCUT2D eigenvalue weighted by atomic mass is 16.3. The molecule has 5 aromatic carbocycles. The van der Waals surface area contributed by atoms with Gasteiger partial charge >= 0.3 is 0 Å². The SMILES string of the molecule is Cn1c(-c2cc(C(C)(C)C)cc(C(C)(C)C)c2O)nc2c(-c3cccc(-c4cccc(N(c5ccccc5)c5ccccc5)c4)n3)cccc21. The molecule has 7 rings (SSSR count). The fraction of sp³-hybridized carbons (Fsp3) is 0.200. The molecular weight excluding hydrogens is 613 g/mol. The lowest BCUT2D eigenvalue weighted by Gasteiger charge is -2.27. The summed E-state index contributed by atoms with van der Waals surface area (Å²) < 4.78 is 2.09. The average molecular weight is 657 g/mol. The van der Waals surface area contributed by atoms with Crippen LogP contribution < -0.4 is 4.90 Å². The van der Waals surface area contributed by atoms with Crippen molar-refractivity contribution in [1.29, 1.82) is 0 Å². The molecule has 0 aliphatic rings. The third-order valence-corrected chi connectivity index (χ3v) is 9.39. The topological polar surface area (TPSA) is 54.2 Å². The van der Waals surface area contributed by atoms with Gasteiger partial charge in [0.25, 0.3) is 0 Å². The number of hydrogen-bond donors (Lipinski definition) is 1. The Hall–Kier alpha value is -5.68. The van der Waals surface area contributed by atoms with Crippen molar-refractivity contribution in [3.8, 4) is 39.7 Å².